The summed E-state index contributed by atoms with van der Waals surface area (Å²) in [6.45, 7) is 2.04. The van der Waals surface area contributed by atoms with Crippen molar-refractivity contribution in [3.63, 3.8) is 0 Å². The number of nitrogens with zero attached hydrogens (tertiary/aromatic N) is 3. The second-order valence-corrected chi connectivity index (χ2v) is 9.15. The van der Waals surface area contributed by atoms with E-state index >= 15 is 0 Å². The predicted molar refractivity (Wildman–Crippen MR) is 142 cm³/mol. The monoisotopic (exact) mass is 478 g/mol. The van der Waals surface area contributed by atoms with Gasteiger partial charge in [0.05, 0.1) is 46.8 Å². The van der Waals surface area contributed by atoms with Gasteiger partial charge in [-0.25, -0.2) is 4.79 Å². The molecule has 2 aromatic heterocycles. The third-order valence-corrected chi connectivity index (χ3v) is 7.18. The van der Waals surface area contributed by atoms with E-state index in [1.54, 1.807) is 18.7 Å². The molecule has 0 fully saturated rings. The molecule has 0 unspecified atom stereocenters. The van der Waals surface area contributed by atoms with Gasteiger partial charge in [0.2, 0.25) is 0 Å². The fourth-order valence-electron chi connectivity index (χ4n) is 5.45. The number of methoxy groups -OCH3 is 1. The van der Waals surface area contributed by atoms with Crippen LogP contribution in [-0.4, -0.2) is 20.8 Å². The first kappa shape index (κ1) is 22.0. The molecule has 1 N–H and O–H groups in total. The van der Waals surface area contributed by atoms with Crippen molar-refractivity contribution in [2.24, 2.45) is 14.1 Å². The minimum absolute atomic E-state index is 0.315. The van der Waals surface area contributed by atoms with Crippen LogP contribution in [0.3, 0.4) is 0 Å². The average molecular weight is 479 g/mol. The first-order valence-corrected chi connectivity index (χ1v) is 11.8. The number of aromatic nitrogens is 3. The average Bonchev–Trinajstić information content (AvgIpc) is 3.27. The molecule has 36 heavy (non-hydrogen) atoms. The van der Waals surface area contributed by atoms with Crippen LogP contribution in [-0.2, 0) is 14.1 Å². The molecule has 1 aliphatic rings. The van der Waals surface area contributed by atoms with Gasteiger partial charge in [0.1, 0.15) is 5.75 Å². The summed E-state index contributed by atoms with van der Waals surface area (Å²) in [5.74, 6) is 0.724. The van der Waals surface area contributed by atoms with E-state index < -0.39 is 0 Å². The van der Waals surface area contributed by atoms with Gasteiger partial charge in [0.25, 0.3) is 5.56 Å². The van der Waals surface area contributed by atoms with Gasteiger partial charge in [0.15, 0.2) is 0 Å². The summed E-state index contributed by atoms with van der Waals surface area (Å²) >= 11 is 0. The van der Waals surface area contributed by atoms with Gasteiger partial charge in [-0.15, -0.1) is 0 Å². The number of benzene rings is 3. The molecular formula is C29H26N4O3. The Balaban J connectivity index is 1.89. The molecule has 3 heterocycles. The highest BCUT2D eigenvalue weighted by molar-refractivity contribution is 6.00. The number of fused-ring (bicyclic) bond motifs is 5. The van der Waals surface area contributed by atoms with E-state index in [1.165, 1.54) is 11.6 Å². The lowest BCUT2D eigenvalue weighted by molar-refractivity contribution is 0.408. The fraction of sp³-hybridized carbons (Fsp3) is 0.172. The lowest BCUT2D eigenvalue weighted by Gasteiger charge is -2.32. The molecule has 0 aliphatic carbocycles. The van der Waals surface area contributed by atoms with E-state index in [2.05, 4.69) is 9.88 Å². The Labute approximate surface area is 207 Å². The standard InChI is InChI=1S/C29H26N4O3/c1-17-11-5-6-12-18(17)25-23-26(31(2)29(35)32(3)28(23)34)27-24(19-13-7-10-16-22(19)36-4)30-20-14-8-9-15-21(20)33(25)27/h5-16,24,30H,1-4H3/t24-/m0/s1. The van der Waals surface area contributed by atoms with Crippen LogP contribution in [0.2, 0.25) is 0 Å². The summed E-state index contributed by atoms with van der Waals surface area (Å²) in [7, 11) is 4.91. The number of hydrogen-bond acceptors (Lipinski definition) is 4. The SMILES string of the molecule is COc1ccccc1[C@@H]1Nc2ccccc2-n2c(-c3ccccc3C)c3c(=O)n(C)c(=O)n(C)c3c21. The number of rotatable bonds is 3. The first-order chi connectivity index (χ1) is 17.4. The molecule has 0 saturated carbocycles. The van der Waals surface area contributed by atoms with Crippen LogP contribution >= 0.6 is 0 Å². The summed E-state index contributed by atoms with van der Waals surface area (Å²) in [6, 6.07) is 23.5. The zero-order valence-corrected chi connectivity index (χ0v) is 20.6. The summed E-state index contributed by atoms with van der Waals surface area (Å²) in [6.07, 6.45) is 0. The predicted octanol–water partition coefficient (Wildman–Crippen LogP) is 4.53. The number of hydrogen-bond donors (Lipinski definition) is 1. The summed E-state index contributed by atoms with van der Waals surface area (Å²) in [5, 5.41) is 4.19. The number of para-hydroxylation sites is 3. The largest absolute Gasteiger partial charge is 0.496 e. The van der Waals surface area contributed by atoms with Crippen molar-refractivity contribution in [3.8, 4) is 22.7 Å². The molecule has 180 valence electrons. The molecule has 0 bridgehead atoms. The molecular weight excluding hydrogens is 452 g/mol. The number of aryl methyl sites for hydroxylation is 2. The van der Waals surface area contributed by atoms with Crippen molar-refractivity contribution >= 4 is 16.6 Å². The molecule has 0 amide bonds. The minimum atomic E-state index is -0.367. The van der Waals surface area contributed by atoms with Crippen molar-refractivity contribution in [3.05, 3.63) is 110 Å². The van der Waals surface area contributed by atoms with Crippen LogP contribution in [0.25, 0.3) is 27.8 Å². The maximum atomic E-state index is 13.8. The van der Waals surface area contributed by atoms with E-state index in [-0.39, 0.29) is 17.3 Å². The molecule has 3 aromatic carbocycles. The Bertz CT molecular complexity index is 1790. The summed E-state index contributed by atoms with van der Waals surface area (Å²) in [5.41, 5.74) is 6.28. The zero-order valence-electron chi connectivity index (χ0n) is 20.6. The summed E-state index contributed by atoms with van der Waals surface area (Å²) in [4.78, 5) is 27.0. The Kier molecular flexibility index (Phi) is 4.89. The van der Waals surface area contributed by atoms with Crippen molar-refractivity contribution in [2.75, 3.05) is 12.4 Å². The number of ether oxygens (including phenoxy) is 1. The van der Waals surface area contributed by atoms with Crippen molar-refractivity contribution in [2.45, 2.75) is 13.0 Å². The highest BCUT2D eigenvalue weighted by atomic mass is 16.5. The van der Waals surface area contributed by atoms with Crippen LogP contribution in [0, 0.1) is 6.92 Å². The van der Waals surface area contributed by atoms with E-state index in [1.807, 2.05) is 79.7 Å². The Morgan fingerprint density at radius 1 is 0.861 bits per heavy atom. The molecule has 0 spiro atoms. The number of nitrogens with one attached hydrogen (secondary N) is 1. The molecule has 1 aliphatic heterocycles. The summed E-state index contributed by atoms with van der Waals surface area (Å²) < 4.78 is 10.7. The lowest BCUT2D eigenvalue weighted by Crippen LogP contribution is -2.37. The molecule has 1 atom stereocenters. The van der Waals surface area contributed by atoms with Crippen molar-refractivity contribution in [1.82, 2.24) is 13.7 Å². The van der Waals surface area contributed by atoms with E-state index in [9.17, 15) is 9.59 Å². The van der Waals surface area contributed by atoms with Crippen LogP contribution < -0.4 is 21.3 Å². The third kappa shape index (κ3) is 2.92. The van der Waals surface area contributed by atoms with Gasteiger partial charge >= 0.3 is 5.69 Å². The fourth-order valence-corrected chi connectivity index (χ4v) is 5.45. The lowest BCUT2D eigenvalue weighted by atomic mass is 9.98. The van der Waals surface area contributed by atoms with Gasteiger partial charge < -0.3 is 14.6 Å². The van der Waals surface area contributed by atoms with E-state index in [0.717, 1.165) is 45.2 Å². The second-order valence-electron chi connectivity index (χ2n) is 9.15. The molecule has 7 nitrogen and oxygen atoms in total. The van der Waals surface area contributed by atoms with Gasteiger partial charge in [-0.3, -0.25) is 13.9 Å². The first-order valence-electron chi connectivity index (χ1n) is 11.8. The van der Waals surface area contributed by atoms with E-state index in [0.29, 0.717) is 10.9 Å². The maximum Gasteiger partial charge on any atom is 0.331 e. The highest BCUT2D eigenvalue weighted by Gasteiger charge is 2.35. The molecule has 6 rings (SSSR count). The van der Waals surface area contributed by atoms with Gasteiger partial charge in [-0.2, -0.15) is 0 Å². The maximum absolute atomic E-state index is 13.8. The topological polar surface area (TPSA) is 70.2 Å². The second kappa shape index (κ2) is 8.02. The minimum Gasteiger partial charge on any atom is -0.496 e. The van der Waals surface area contributed by atoms with Crippen LogP contribution in [0.15, 0.2) is 82.4 Å². The van der Waals surface area contributed by atoms with Gasteiger partial charge in [-0.1, -0.05) is 54.6 Å². The quantitative estimate of drug-likeness (QED) is 0.414. The van der Waals surface area contributed by atoms with Crippen molar-refractivity contribution < 1.29 is 4.74 Å². The molecule has 7 heteroatoms. The van der Waals surface area contributed by atoms with E-state index in [4.69, 9.17) is 4.74 Å². The van der Waals surface area contributed by atoms with Crippen molar-refractivity contribution in [1.29, 1.82) is 0 Å². The highest BCUT2D eigenvalue weighted by Crippen LogP contribution is 2.47. The Morgan fingerprint density at radius 3 is 2.33 bits per heavy atom. The van der Waals surface area contributed by atoms with Gasteiger partial charge in [-0.05, 0) is 30.7 Å². The van der Waals surface area contributed by atoms with Crippen LogP contribution in [0.1, 0.15) is 22.9 Å². The zero-order chi connectivity index (χ0) is 25.1. The third-order valence-electron chi connectivity index (χ3n) is 7.18. The molecule has 0 radical (unpaired) electrons. The van der Waals surface area contributed by atoms with Crippen LogP contribution in [0.4, 0.5) is 5.69 Å². The smallest absolute Gasteiger partial charge is 0.331 e. The molecule has 5 aromatic rings. The Morgan fingerprint density at radius 2 is 1.56 bits per heavy atom. The van der Waals surface area contributed by atoms with Gasteiger partial charge in [0, 0.05) is 25.2 Å². The Hall–Kier alpha value is -4.52. The number of anilines is 1. The van der Waals surface area contributed by atoms with Crippen LogP contribution in [0.5, 0.6) is 5.75 Å². The molecule has 0 saturated heterocycles. The normalized spacial score (nSPS) is 14.3.